The number of carbonyl (C=O) groups is 1. The van der Waals surface area contributed by atoms with Crippen LogP contribution in [0.1, 0.15) is 36.8 Å². The van der Waals surface area contributed by atoms with Crippen molar-refractivity contribution in [3.8, 4) is 0 Å². The van der Waals surface area contributed by atoms with Crippen molar-refractivity contribution in [1.82, 2.24) is 5.32 Å². The molecule has 3 N–H and O–H groups in total. The number of rotatable bonds is 9. The van der Waals surface area contributed by atoms with Gasteiger partial charge in [-0.1, -0.05) is 29.8 Å². The van der Waals surface area contributed by atoms with Gasteiger partial charge in [-0.15, -0.1) is 0 Å². The Bertz CT molecular complexity index is 1030. The molecule has 1 saturated carbocycles. The number of aliphatic hydroxyl groups excluding tert-OH is 2. The Morgan fingerprint density at radius 1 is 1.14 bits per heavy atom. The number of carbonyl (C=O) groups excluding carboxylic acids is 1. The minimum atomic E-state index is -1.57. The largest absolute Gasteiger partial charge is 0.390 e. The highest BCUT2D eigenvalue weighted by atomic mass is 35.5. The molecule has 5 atom stereocenters. The van der Waals surface area contributed by atoms with Gasteiger partial charge in [0.05, 0.1) is 31.5 Å². The van der Waals surface area contributed by atoms with E-state index in [-0.39, 0.29) is 37.7 Å². The normalized spacial score (nSPS) is 28.2. The minimum absolute atomic E-state index is 0.00534. The van der Waals surface area contributed by atoms with E-state index in [2.05, 4.69) is 5.32 Å². The van der Waals surface area contributed by atoms with E-state index in [4.69, 9.17) is 25.8 Å². The Hall–Kier alpha value is -2.14. The second-order valence-electron chi connectivity index (χ2n) is 9.27. The predicted molar refractivity (Wildman–Crippen MR) is 127 cm³/mol. The minimum Gasteiger partial charge on any atom is -0.390 e. The molecule has 2 aromatic carbocycles. The van der Waals surface area contributed by atoms with Crippen LogP contribution in [-0.2, 0) is 32.2 Å². The molecule has 2 aromatic rings. The van der Waals surface area contributed by atoms with Crippen LogP contribution in [0.4, 0.5) is 8.78 Å². The summed E-state index contributed by atoms with van der Waals surface area (Å²) in [4.78, 5) is 13.5. The van der Waals surface area contributed by atoms with Crippen LogP contribution < -0.4 is 5.32 Å². The summed E-state index contributed by atoms with van der Waals surface area (Å²) < 4.78 is 45.6. The fourth-order valence-corrected chi connectivity index (χ4v) is 4.86. The van der Waals surface area contributed by atoms with Crippen LogP contribution in [-0.4, -0.2) is 59.3 Å². The Balaban J connectivity index is 1.53. The zero-order valence-electron chi connectivity index (χ0n) is 19.7. The summed E-state index contributed by atoms with van der Waals surface area (Å²) in [5.74, 6) is -2.08. The molecule has 0 bridgehead atoms. The number of ether oxygens (including phenoxy) is 3. The van der Waals surface area contributed by atoms with Gasteiger partial charge in [0.15, 0.2) is 5.60 Å². The summed E-state index contributed by atoms with van der Waals surface area (Å²) in [6, 6.07) is 10.4. The molecule has 10 heteroatoms. The lowest BCUT2D eigenvalue weighted by atomic mass is 9.78. The van der Waals surface area contributed by atoms with Gasteiger partial charge in [0.2, 0.25) is 0 Å². The van der Waals surface area contributed by atoms with E-state index in [1.54, 1.807) is 24.3 Å². The summed E-state index contributed by atoms with van der Waals surface area (Å²) in [5, 5.41) is 24.6. The molecule has 0 aromatic heterocycles. The molecular weight excluding hydrogens is 496 g/mol. The second-order valence-corrected chi connectivity index (χ2v) is 9.71. The van der Waals surface area contributed by atoms with Gasteiger partial charge in [-0.2, -0.15) is 0 Å². The number of nitrogens with one attached hydrogen (secondary N) is 1. The predicted octanol–water partition coefficient (Wildman–Crippen LogP) is 3.27. The fraction of sp³-hybridized carbons (Fsp3) is 0.500. The van der Waals surface area contributed by atoms with Crippen molar-refractivity contribution in [2.75, 3.05) is 13.2 Å². The second kappa shape index (κ2) is 11.9. The van der Waals surface area contributed by atoms with Gasteiger partial charge in [-0.05, 0) is 42.7 Å². The molecule has 7 nitrogen and oxygen atoms in total. The molecule has 1 aliphatic carbocycles. The first kappa shape index (κ1) is 26.9. The van der Waals surface area contributed by atoms with Crippen LogP contribution in [0, 0.1) is 11.6 Å². The van der Waals surface area contributed by atoms with Crippen molar-refractivity contribution in [2.24, 2.45) is 0 Å². The summed E-state index contributed by atoms with van der Waals surface area (Å²) in [6.07, 6.45) is -2.60. The van der Waals surface area contributed by atoms with Crippen molar-refractivity contribution in [3.05, 3.63) is 70.2 Å². The average molecular weight is 526 g/mol. The number of amides is 1. The summed E-state index contributed by atoms with van der Waals surface area (Å²) in [5.41, 5.74) is -1.17. The lowest BCUT2D eigenvalue weighted by Gasteiger charge is -2.44. The van der Waals surface area contributed by atoms with Crippen LogP contribution in [0.15, 0.2) is 42.5 Å². The van der Waals surface area contributed by atoms with Gasteiger partial charge in [0.1, 0.15) is 17.7 Å². The van der Waals surface area contributed by atoms with Gasteiger partial charge >= 0.3 is 0 Å². The van der Waals surface area contributed by atoms with Crippen LogP contribution in [0.3, 0.4) is 0 Å². The van der Waals surface area contributed by atoms with Gasteiger partial charge in [-0.3, -0.25) is 4.79 Å². The van der Waals surface area contributed by atoms with Crippen molar-refractivity contribution in [3.63, 3.8) is 0 Å². The third-order valence-electron chi connectivity index (χ3n) is 6.68. The first-order valence-corrected chi connectivity index (χ1v) is 12.3. The van der Waals surface area contributed by atoms with E-state index in [0.717, 1.165) is 25.0 Å². The number of halogens is 3. The van der Waals surface area contributed by atoms with Gasteiger partial charge < -0.3 is 29.7 Å². The Morgan fingerprint density at radius 3 is 2.58 bits per heavy atom. The third kappa shape index (κ3) is 6.40. The molecule has 2 fully saturated rings. The molecule has 2 unspecified atom stereocenters. The molecule has 2 aliphatic rings. The highest BCUT2D eigenvalue weighted by Gasteiger charge is 2.51. The molecule has 4 rings (SSSR count). The van der Waals surface area contributed by atoms with Gasteiger partial charge in [0.25, 0.3) is 5.91 Å². The molecule has 1 amide bonds. The molecule has 0 radical (unpaired) electrons. The van der Waals surface area contributed by atoms with Crippen molar-refractivity contribution < 1.29 is 38.0 Å². The topological polar surface area (TPSA) is 97.3 Å². The quantitative estimate of drug-likeness (QED) is 0.465. The zero-order valence-corrected chi connectivity index (χ0v) is 20.4. The van der Waals surface area contributed by atoms with E-state index in [1.165, 1.54) is 6.07 Å². The van der Waals surface area contributed by atoms with Gasteiger partial charge in [-0.25, -0.2) is 8.78 Å². The van der Waals surface area contributed by atoms with Crippen LogP contribution in [0.25, 0.3) is 0 Å². The van der Waals surface area contributed by atoms with E-state index in [1.807, 2.05) is 0 Å². The SMILES string of the molecule is O=C(NCC1CCCO1)[C@@]1(OCc2cccc(Cl)c2)CC(OCc2c(F)cccc2F)[C@H](O)[C@H](O)C1. The molecular formula is C26H30ClF2NO6. The standard InChI is InChI=1S/C26H30ClF2NO6/c27-17-5-1-4-16(10-17)14-36-26(25(33)30-13-18-6-3-9-34-18)11-22(31)24(32)23(12-26)35-15-19-20(28)7-2-8-21(19)29/h1-2,4-5,7-8,10,18,22-24,31-32H,3,6,9,11-15H2,(H,30,33)/t18?,22-,23?,24-,26+/m1/s1. The molecule has 1 heterocycles. The maximum Gasteiger partial charge on any atom is 0.252 e. The molecule has 1 aliphatic heterocycles. The highest BCUT2D eigenvalue weighted by molar-refractivity contribution is 6.30. The molecule has 36 heavy (non-hydrogen) atoms. The Labute approximate surface area is 213 Å². The van der Waals surface area contributed by atoms with Crippen molar-refractivity contribution >= 4 is 17.5 Å². The number of aliphatic hydroxyl groups is 2. The lowest BCUT2D eigenvalue weighted by molar-refractivity contribution is -0.200. The number of hydrogen-bond acceptors (Lipinski definition) is 6. The Kier molecular flexibility index (Phi) is 8.92. The monoisotopic (exact) mass is 525 g/mol. The third-order valence-corrected chi connectivity index (χ3v) is 6.92. The van der Waals surface area contributed by atoms with Crippen molar-refractivity contribution in [1.29, 1.82) is 0 Å². The fourth-order valence-electron chi connectivity index (χ4n) is 4.64. The van der Waals surface area contributed by atoms with Crippen LogP contribution >= 0.6 is 11.6 Å². The summed E-state index contributed by atoms with van der Waals surface area (Å²) >= 11 is 6.07. The molecule has 0 spiro atoms. The molecule has 196 valence electrons. The van der Waals surface area contributed by atoms with E-state index >= 15 is 0 Å². The average Bonchev–Trinajstić information content (AvgIpc) is 3.37. The number of hydrogen-bond donors (Lipinski definition) is 3. The summed E-state index contributed by atoms with van der Waals surface area (Å²) in [6.45, 7) is 0.413. The maximum absolute atomic E-state index is 14.1. The van der Waals surface area contributed by atoms with E-state index in [9.17, 15) is 23.8 Å². The maximum atomic E-state index is 14.1. The number of benzene rings is 2. The first-order valence-electron chi connectivity index (χ1n) is 12.0. The highest BCUT2D eigenvalue weighted by Crippen LogP contribution is 2.36. The first-order chi connectivity index (χ1) is 17.3. The summed E-state index contributed by atoms with van der Waals surface area (Å²) in [7, 11) is 0. The van der Waals surface area contributed by atoms with E-state index < -0.39 is 48.1 Å². The van der Waals surface area contributed by atoms with Crippen molar-refractivity contribution in [2.45, 2.75) is 68.9 Å². The lowest BCUT2D eigenvalue weighted by Crippen LogP contribution is -2.61. The zero-order chi connectivity index (χ0) is 25.7. The van der Waals surface area contributed by atoms with Gasteiger partial charge in [0, 0.05) is 36.6 Å². The van der Waals surface area contributed by atoms with Crippen LogP contribution in [0.5, 0.6) is 0 Å². The smallest absolute Gasteiger partial charge is 0.252 e. The van der Waals surface area contributed by atoms with Crippen LogP contribution in [0.2, 0.25) is 5.02 Å². The Morgan fingerprint density at radius 2 is 1.89 bits per heavy atom. The van der Waals surface area contributed by atoms with E-state index in [0.29, 0.717) is 17.2 Å². The molecule has 1 saturated heterocycles.